The summed E-state index contributed by atoms with van der Waals surface area (Å²) in [5.41, 5.74) is 0. The highest BCUT2D eigenvalue weighted by Gasteiger charge is 2.38. The van der Waals surface area contributed by atoms with Gasteiger partial charge in [0.15, 0.2) is 23.0 Å². The topological polar surface area (TPSA) is 105 Å². The van der Waals surface area contributed by atoms with E-state index in [1.165, 1.54) is 98.4 Å². The molecule has 2 aliphatic rings. The maximum Gasteiger partial charge on any atom is 0.311 e. The lowest BCUT2D eigenvalue weighted by molar-refractivity contribution is -0.135. The normalized spacial score (nSPS) is 12.9. The summed E-state index contributed by atoms with van der Waals surface area (Å²) in [6, 6.07) is 15.4. The number of unbranched alkanes of at least 4 members (excludes halogenated alkanes) is 24. The van der Waals surface area contributed by atoms with Crippen molar-refractivity contribution in [3.63, 3.8) is 0 Å². The third-order valence-corrected chi connectivity index (χ3v) is 21.0. The van der Waals surface area contributed by atoms with Crippen molar-refractivity contribution in [3.05, 3.63) is 57.0 Å². The number of carbonyl (C=O) groups excluding carboxylic acids is 4. The van der Waals surface area contributed by atoms with E-state index >= 15 is 0 Å². The summed E-state index contributed by atoms with van der Waals surface area (Å²) in [7, 11) is 0. The molecule has 0 aliphatic carbocycles. The highest BCUT2D eigenvalue weighted by molar-refractivity contribution is 8.30. The number of rotatable bonds is 40. The quantitative estimate of drug-likeness (QED) is 0.0148. The Morgan fingerprint density at radius 1 is 0.282 bits per heavy atom. The summed E-state index contributed by atoms with van der Waals surface area (Å²) >= 11 is 23.3. The average molecular weight is 1210 g/mol. The largest absolute Gasteiger partial charge is 0.425 e. The van der Waals surface area contributed by atoms with Gasteiger partial charge in [-0.3, -0.25) is 19.2 Å². The first-order valence-corrected chi connectivity index (χ1v) is 35.0. The van der Waals surface area contributed by atoms with E-state index in [-0.39, 0.29) is 23.9 Å². The molecule has 0 fully saturated rings. The van der Waals surface area contributed by atoms with E-state index in [9.17, 15) is 19.2 Å². The number of hydrogen-bond donors (Lipinski definition) is 4. The van der Waals surface area contributed by atoms with Gasteiger partial charge in [-0.1, -0.05) is 224 Å². The molecule has 0 bridgehead atoms. The van der Waals surface area contributed by atoms with E-state index in [1.807, 2.05) is 48.5 Å². The summed E-state index contributed by atoms with van der Waals surface area (Å²) in [5, 5.41) is 2.79. The molecule has 4 aromatic rings. The predicted octanol–water partition coefficient (Wildman–Crippen LogP) is 20.0. The molecule has 0 unspecified atom stereocenters. The van der Waals surface area contributed by atoms with Gasteiger partial charge < -0.3 is 18.9 Å². The van der Waals surface area contributed by atoms with Crippen molar-refractivity contribution in [2.75, 3.05) is 23.0 Å². The molecule has 0 aromatic heterocycles. The number of thiol groups is 4. The molecule has 8 nitrogen and oxygen atoms in total. The van der Waals surface area contributed by atoms with Crippen LogP contribution in [-0.2, 0) is 19.2 Å². The monoisotopic (exact) mass is 1210 g/mol. The first-order valence-electron chi connectivity index (χ1n) is 29.2. The number of hydrogen-bond acceptors (Lipinski definition) is 16. The fourth-order valence-electron chi connectivity index (χ4n) is 9.73. The van der Waals surface area contributed by atoms with Crippen LogP contribution in [0.5, 0.6) is 23.0 Å². The molecular weight excluding hydrogens is 1130 g/mol. The molecule has 16 heteroatoms. The van der Waals surface area contributed by atoms with Crippen molar-refractivity contribution in [2.24, 2.45) is 0 Å². The third-order valence-electron chi connectivity index (χ3n) is 14.0. The van der Waals surface area contributed by atoms with Gasteiger partial charge in [0.05, 0.1) is 28.1 Å². The summed E-state index contributed by atoms with van der Waals surface area (Å²) in [4.78, 5) is 58.2. The molecule has 2 aliphatic heterocycles. The van der Waals surface area contributed by atoms with Gasteiger partial charge >= 0.3 is 23.9 Å². The summed E-state index contributed by atoms with van der Waals surface area (Å²) in [6.07, 6.45) is 30.7. The van der Waals surface area contributed by atoms with Crippen molar-refractivity contribution >= 4 is 143 Å². The highest BCUT2D eigenvalue weighted by atomic mass is 32.2. The highest BCUT2D eigenvalue weighted by Crippen LogP contribution is 2.69. The zero-order valence-corrected chi connectivity index (χ0v) is 52.6. The van der Waals surface area contributed by atoms with Crippen LogP contribution < -0.4 is 18.9 Å². The maximum absolute atomic E-state index is 13.8. The zero-order chi connectivity index (χ0) is 55.2. The molecular formula is C62H84O8S8. The van der Waals surface area contributed by atoms with E-state index < -0.39 is 0 Å². The Labute approximate surface area is 505 Å². The van der Waals surface area contributed by atoms with Crippen molar-refractivity contribution in [1.82, 2.24) is 0 Å². The standard InChI is InChI=1S/C62H84O8S8/c63-49(37-21-13-5-1-9-17-29-41-71)67-53-45-33-25-26-34-46(45)54(68-50(64)38-22-14-6-2-10-18-30-42-72)58-57(53)75-61(76-58)62-77-59-55(69-51(65)39-23-15-7-3-11-19-31-43-73)47-35-27-28-36-48(47)56(60(59)78-62)70-52(66)40-24-16-8-4-12-20-32-44-74/h25-28,33-36,71-74H,1-24,29-32,37-44H2. The molecule has 0 saturated heterocycles. The van der Waals surface area contributed by atoms with E-state index in [0.717, 1.165) is 160 Å². The molecule has 2 heterocycles. The number of thioether (sulfide) groups is 4. The van der Waals surface area contributed by atoms with E-state index in [4.69, 9.17) is 18.9 Å². The lowest BCUT2D eigenvalue weighted by atomic mass is 10.1. The van der Waals surface area contributed by atoms with E-state index in [2.05, 4.69) is 50.5 Å². The van der Waals surface area contributed by atoms with Gasteiger partial charge in [-0.25, -0.2) is 0 Å². The molecule has 78 heavy (non-hydrogen) atoms. The molecule has 0 amide bonds. The van der Waals surface area contributed by atoms with Crippen LogP contribution in [0.1, 0.15) is 205 Å². The molecule has 0 atom stereocenters. The number of benzene rings is 4. The zero-order valence-electron chi connectivity index (χ0n) is 45.8. The predicted molar refractivity (Wildman–Crippen MR) is 344 cm³/mol. The Morgan fingerprint density at radius 3 is 0.654 bits per heavy atom. The Balaban J connectivity index is 1.30. The smallest absolute Gasteiger partial charge is 0.311 e. The van der Waals surface area contributed by atoms with Gasteiger partial charge in [0.2, 0.25) is 0 Å². The second-order valence-electron chi connectivity index (χ2n) is 20.4. The van der Waals surface area contributed by atoms with Crippen molar-refractivity contribution in [3.8, 4) is 23.0 Å². The molecule has 0 N–H and O–H groups in total. The average Bonchev–Trinajstić information content (AvgIpc) is 4.21. The van der Waals surface area contributed by atoms with Crippen LogP contribution in [0.3, 0.4) is 0 Å². The van der Waals surface area contributed by atoms with Gasteiger partial charge in [0, 0.05) is 47.2 Å². The van der Waals surface area contributed by atoms with Crippen LogP contribution in [0.2, 0.25) is 0 Å². The summed E-state index contributed by atoms with van der Waals surface area (Å²) in [6.45, 7) is 0. The van der Waals surface area contributed by atoms with Crippen LogP contribution in [0, 0.1) is 0 Å². The van der Waals surface area contributed by atoms with Gasteiger partial charge in [-0.05, 0) is 74.4 Å². The van der Waals surface area contributed by atoms with Crippen molar-refractivity contribution in [1.29, 1.82) is 0 Å². The fraction of sp³-hybridized carbons (Fsp3) is 0.581. The van der Waals surface area contributed by atoms with Gasteiger partial charge in [-0.15, -0.1) is 0 Å². The SMILES string of the molecule is O=C(CCCCCCCCCS)Oc1c2c(c(OC(=O)CCCCCCCCCS)c3ccccc13)SC(=C1Sc3c(c(OC(=O)CCCCCCCCCS)c4ccccc4c3OC(=O)CCCCCCCCCS)S1)S2. The van der Waals surface area contributed by atoms with Crippen molar-refractivity contribution < 1.29 is 38.1 Å². The Hall–Kier alpha value is -2.18. The Bertz CT molecular complexity index is 2230. The lowest BCUT2D eigenvalue weighted by Crippen LogP contribution is -2.11. The molecule has 0 radical (unpaired) electrons. The van der Waals surface area contributed by atoms with Crippen LogP contribution in [0.25, 0.3) is 21.5 Å². The fourth-order valence-corrected chi connectivity index (χ4v) is 16.3. The minimum absolute atomic E-state index is 0.294. The second kappa shape index (κ2) is 37.8. The first-order chi connectivity index (χ1) is 38.3. The van der Waals surface area contributed by atoms with Crippen LogP contribution in [0.4, 0.5) is 0 Å². The first kappa shape index (κ1) is 65.0. The molecule has 6 rings (SSSR count). The molecule has 4 aromatic carbocycles. The number of esters is 4. The van der Waals surface area contributed by atoms with E-state index in [1.54, 1.807) is 0 Å². The molecule has 0 saturated carbocycles. The van der Waals surface area contributed by atoms with E-state index in [0.29, 0.717) is 89.8 Å². The van der Waals surface area contributed by atoms with Crippen molar-refractivity contribution in [2.45, 2.75) is 225 Å². The number of ether oxygens (including phenoxy) is 4. The summed E-state index contributed by atoms with van der Waals surface area (Å²) in [5.74, 6) is 4.29. The van der Waals surface area contributed by atoms with Crippen LogP contribution in [0.15, 0.2) is 76.6 Å². The maximum atomic E-state index is 13.8. The van der Waals surface area contributed by atoms with Crippen LogP contribution in [-0.4, -0.2) is 46.9 Å². The van der Waals surface area contributed by atoms with Crippen LogP contribution >= 0.6 is 97.6 Å². The van der Waals surface area contributed by atoms with Gasteiger partial charge in [-0.2, -0.15) is 50.5 Å². The van der Waals surface area contributed by atoms with Gasteiger partial charge in [0.25, 0.3) is 0 Å². The molecule has 428 valence electrons. The molecule has 0 spiro atoms. The van der Waals surface area contributed by atoms with Gasteiger partial charge in [0.1, 0.15) is 0 Å². The minimum Gasteiger partial charge on any atom is -0.425 e. The summed E-state index contributed by atoms with van der Waals surface area (Å²) < 4.78 is 27.5. The number of fused-ring (bicyclic) bond motifs is 4. The lowest BCUT2D eigenvalue weighted by Gasteiger charge is -2.16. The third kappa shape index (κ3) is 21.2. The number of carbonyl (C=O) groups is 4. The Kier molecular flexibility index (Phi) is 31.5. The second-order valence-corrected chi connectivity index (χ2v) is 26.8. The Morgan fingerprint density at radius 2 is 0.462 bits per heavy atom. The minimum atomic E-state index is -0.297.